The van der Waals surface area contributed by atoms with Gasteiger partial charge in [-0.1, -0.05) is 17.3 Å². The highest BCUT2D eigenvalue weighted by Gasteiger charge is 2.30. The Morgan fingerprint density at radius 3 is 2.65 bits per heavy atom. The topological polar surface area (TPSA) is 97.1 Å². The summed E-state index contributed by atoms with van der Waals surface area (Å²) in [6, 6.07) is 5.27. The summed E-state index contributed by atoms with van der Waals surface area (Å²) in [5, 5.41) is 3.99. The molecule has 1 aromatic heterocycles. The molecule has 1 saturated heterocycles. The standard InChI is InChI=1S/C17H21NO7S/c1-11-16(26(3,19)20)15(18-25-11)14-12(17-22-8-5-9-23-17)6-4-7-13(14)24-10-21-2/h4,6-7,17H,5,8-10H2,1-3H3. The molecule has 0 aliphatic carbocycles. The number of aromatic nitrogens is 1. The van der Waals surface area contributed by atoms with Crippen LogP contribution in [0.2, 0.25) is 0 Å². The van der Waals surface area contributed by atoms with Crippen LogP contribution in [0.25, 0.3) is 11.3 Å². The fraction of sp³-hybridized carbons (Fsp3) is 0.471. The Bertz CT molecular complexity index is 869. The monoisotopic (exact) mass is 383 g/mol. The van der Waals surface area contributed by atoms with Crippen molar-refractivity contribution in [2.45, 2.75) is 24.5 Å². The summed E-state index contributed by atoms with van der Waals surface area (Å²) in [5.41, 5.74) is 1.25. The van der Waals surface area contributed by atoms with Gasteiger partial charge in [-0.05, 0) is 19.4 Å². The molecule has 0 amide bonds. The van der Waals surface area contributed by atoms with Crippen molar-refractivity contribution in [2.75, 3.05) is 33.4 Å². The SMILES string of the molecule is COCOc1cccc(C2OCCCO2)c1-c1noc(C)c1S(C)(=O)=O. The van der Waals surface area contributed by atoms with Crippen LogP contribution in [0.5, 0.6) is 5.75 Å². The zero-order valence-electron chi connectivity index (χ0n) is 14.9. The van der Waals surface area contributed by atoms with Gasteiger partial charge in [0.15, 0.2) is 28.7 Å². The second kappa shape index (κ2) is 7.75. The van der Waals surface area contributed by atoms with Crippen LogP contribution in [0.4, 0.5) is 0 Å². The number of aryl methyl sites for hydroxylation is 1. The zero-order valence-corrected chi connectivity index (χ0v) is 15.7. The molecule has 0 bridgehead atoms. The molecule has 2 aromatic rings. The minimum absolute atomic E-state index is 0.00608. The first-order valence-corrected chi connectivity index (χ1v) is 9.97. The summed E-state index contributed by atoms with van der Waals surface area (Å²) in [6.07, 6.45) is 1.26. The van der Waals surface area contributed by atoms with Gasteiger partial charge in [-0.3, -0.25) is 0 Å². The van der Waals surface area contributed by atoms with E-state index in [4.69, 9.17) is 23.5 Å². The Labute approximate surface area is 151 Å². The summed E-state index contributed by atoms with van der Waals surface area (Å²) >= 11 is 0. The molecule has 1 aliphatic rings. The van der Waals surface area contributed by atoms with Gasteiger partial charge in [0.2, 0.25) is 0 Å². The first kappa shape index (κ1) is 18.8. The second-order valence-electron chi connectivity index (χ2n) is 5.89. The molecule has 142 valence electrons. The third-order valence-corrected chi connectivity index (χ3v) is 5.11. The number of hydrogen-bond acceptors (Lipinski definition) is 8. The Morgan fingerprint density at radius 1 is 1.27 bits per heavy atom. The zero-order chi connectivity index (χ0) is 18.7. The Kier molecular flexibility index (Phi) is 5.61. The van der Waals surface area contributed by atoms with E-state index < -0.39 is 16.1 Å². The number of rotatable bonds is 6. The summed E-state index contributed by atoms with van der Waals surface area (Å²) in [7, 11) is -2.08. The molecular weight excluding hydrogens is 362 g/mol. The molecule has 8 nitrogen and oxygen atoms in total. The highest BCUT2D eigenvalue weighted by atomic mass is 32.2. The Morgan fingerprint density at radius 2 is 2.00 bits per heavy atom. The normalized spacial score (nSPS) is 16.0. The van der Waals surface area contributed by atoms with Crippen LogP contribution in [0.15, 0.2) is 27.6 Å². The van der Waals surface area contributed by atoms with Crippen molar-refractivity contribution in [1.29, 1.82) is 0 Å². The van der Waals surface area contributed by atoms with E-state index in [1.54, 1.807) is 25.1 Å². The van der Waals surface area contributed by atoms with Crippen molar-refractivity contribution in [2.24, 2.45) is 0 Å². The van der Waals surface area contributed by atoms with Crippen molar-refractivity contribution in [1.82, 2.24) is 5.16 Å². The number of nitrogens with zero attached hydrogens (tertiary/aromatic N) is 1. The van der Waals surface area contributed by atoms with Crippen LogP contribution >= 0.6 is 0 Å². The van der Waals surface area contributed by atoms with E-state index in [1.165, 1.54) is 7.11 Å². The van der Waals surface area contributed by atoms with E-state index in [9.17, 15) is 8.42 Å². The van der Waals surface area contributed by atoms with Gasteiger partial charge in [0.05, 0.1) is 18.8 Å². The van der Waals surface area contributed by atoms with E-state index in [2.05, 4.69) is 5.16 Å². The maximum atomic E-state index is 12.3. The highest BCUT2D eigenvalue weighted by Crippen LogP contribution is 2.41. The van der Waals surface area contributed by atoms with Gasteiger partial charge in [-0.15, -0.1) is 0 Å². The average Bonchev–Trinajstić information content (AvgIpc) is 3.02. The third kappa shape index (κ3) is 3.75. The van der Waals surface area contributed by atoms with Crippen LogP contribution in [0.1, 0.15) is 24.0 Å². The molecule has 1 aliphatic heterocycles. The quantitative estimate of drug-likeness (QED) is 0.702. The molecule has 2 heterocycles. The molecule has 1 fully saturated rings. The number of hydrogen-bond donors (Lipinski definition) is 0. The van der Waals surface area contributed by atoms with Crippen LogP contribution in [0.3, 0.4) is 0 Å². The molecule has 0 spiro atoms. The van der Waals surface area contributed by atoms with E-state index in [0.717, 1.165) is 12.7 Å². The largest absolute Gasteiger partial charge is 0.467 e. The predicted octanol–water partition coefficient (Wildman–Crippen LogP) is 2.47. The Balaban J connectivity index is 2.21. The molecular formula is C17H21NO7S. The maximum absolute atomic E-state index is 12.3. The molecule has 26 heavy (non-hydrogen) atoms. The van der Waals surface area contributed by atoms with Gasteiger partial charge in [-0.2, -0.15) is 0 Å². The Hall–Kier alpha value is -1.94. The van der Waals surface area contributed by atoms with E-state index in [0.29, 0.717) is 30.1 Å². The van der Waals surface area contributed by atoms with Gasteiger partial charge < -0.3 is 23.5 Å². The first-order valence-electron chi connectivity index (χ1n) is 8.08. The van der Waals surface area contributed by atoms with E-state index in [-0.39, 0.29) is 23.1 Å². The highest BCUT2D eigenvalue weighted by molar-refractivity contribution is 7.90. The lowest BCUT2D eigenvalue weighted by molar-refractivity contribution is -0.182. The minimum Gasteiger partial charge on any atom is -0.467 e. The number of ether oxygens (including phenoxy) is 4. The summed E-state index contributed by atoms with van der Waals surface area (Å²) in [6.45, 7) is 2.64. The average molecular weight is 383 g/mol. The van der Waals surface area contributed by atoms with Gasteiger partial charge in [0.25, 0.3) is 0 Å². The summed E-state index contributed by atoms with van der Waals surface area (Å²) in [4.78, 5) is 0.0167. The molecule has 0 saturated carbocycles. The van der Waals surface area contributed by atoms with Crippen molar-refractivity contribution >= 4 is 9.84 Å². The van der Waals surface area contributed by atoms with Crippen LogP contribution in [-0.2, 0) is 24.0 Å². The predicted molar refractivity (Wildman–Crippen MR) is 91.6 cm³/mol. The molecule has 0 atom stereocenters. The van der Waals surface area contributed by atoms with Gasteiger partial charge in [0.1, 0.15) is 16.3 Å². The number of benzene rings is 1. The van der Waals surface area contributed by atoms with Crippen LogP contribution < -0.4 is 4.74 Å². The molecule has 0 radical (unpaired) electrons. The molecule has 0 unspecified atom stereocenters. The van der Waals surface area contributed by atoms with Gasteiger partial charge in [-0.25, -0.2) is 8.42 Å². The lowest BCUT2D eigenvalue weighted by Crippen LogP contribution is -2.19. The van der Waals surface area contributed by atoms with Crippen molar-refractivity contribution in [3.05, 3.63) is 29.5 Å². The lowest BCUT2D eigenvalue weighted by Gasteiger charge is -2.26. The van der Waals surface area contributed by atoms with Crippen molar-refractivity contribution in [3.8, 4) is 17.0 Å². The summed E-state index contributed by atoms with van der Waals surface area (Å²) in [5.74, 6) is 0.612. The summed E-state index contributed by atoms with van der Waals surface area (Å²) < 4.78 is 51.8. The molecule has 0 N–H and O–H groups in total. The molecule has 3 rings (SSSR count). The molecule has 9 heteroatoms. The lowest BCUT2D eigenvalue weighted by atomic mass is 10.0. The van der Waals surface area contributed by atoms with E-state index >= 15 is 0 Å². The van der Waals surface area contributed by atoms with Crippen LogP contribution in [-0.4, -0.2) is 46.9 Å². The van der Waals surface area contributed by atoms with Gasteiger partial charge in [0, 0.05) is 18.9 Å². The minimum atomic E-state index is -3.58. The molecule has 1 aromatic carbocycles. The van der Waals surface area contributed by atoms with Crippen molar-refractivity contribution in [3.63, 3.8) is 0 Å². The second-order valence-corrected chi connectivity index (χ2v) is 7.84. The smallest absolute Gasteiger partial charge is 0.188 e. The van der Waals surface area contributed by atoms with E-state index in [1.807, 2.05) is 0 Å². The third-order valence-electron chi connectivity index (χ3n) is 3.89. The number of sulfone groups is 1. The fourth-order valence-corrected chi connectivity index (χ4v) is 3.92. The van der Waals surface area contributed by atoms with Gasteiger partial charge >= 0.3 is 0 Å². The maximum Gasteiger partial charge on any atom is 0.188 e. The first-order chi connectivity index (χ1) is 12.4. The van der Waals surface area contributed by atoms with Crippen molar-refractivity contribution < 1.29 is 31.9 Å². The van der Waals surface area contributed by atoms with Crippen LogP contribution in [0, 0.1) is 6.92 Å². The fourth-order valence-electron chi connectivity index (χ4n) is 2.87. The number of methoxy groups -OCH3 is 1.